The Hall–Kier alpha value is -1.46. The van der Waals surface area contributed by atoms with Gasteiger partial charge >= 0.3 is 0 Å². The molecule has 3 rings (SSSR count). The fourth-order valence-corrected chi connectivity index (χ4v) is 3.19. The molecule has 5 heteroatoms. The minimum absolute atomic E-state index is 0.0111. The van der Waals surface area contributed by atoms with Gasteiger partial charge in [-0.1, -0.05) is 6.42 Å². The summed E-state index contributed by atoms with van der Waals surface area (Å²) in [6.45, 7) is 1.13. The SMILES string of the molecule is O=C(CCc1ccncc1)NC[C@H]1COC2(CCCCC2)O1. The van der Waals surface area contributed by atoms with Crippen molar-refractivity contribution < 1.29 is 14.3 Å². The van der Waals surface area contributed by atoms with Crippen LogP contribution < -0.4 is 5.32 Å². The third-order valence-electron chi connectivity index (χ3n) is 4.45. The predicted molar refractivity (Wildman–Crippen MR) is 82.2 cm³/mol. The van der Waals surface area contributed by atoms with E-state index in [2.05, 4.69) is 10.3 Å². The number of amides is 1. The predicted octanol–water partition coefficient (Wildman–Crippen LogP) is 2.21. The van der Waals surface area contributed by atoms with Crippen LogP contribution in [0.5, 0.6) is 0 Å². The zero-order valence-corrected chi connectivity index (χ0v) is 12.9. The van der Waals surface area contributed by atoms with Gasteiger partial charge < -0.3 is 14.8 Å². The van der Waals surface area contributed by atoms with Crippen molar-refractivity contribution in [2.45, 2.75) is 56.8 Å². The number of hydrogen-bond donors (Lipinski definition) is 1. The zero-order chi connectivity index (χ0) is 15.3. The lowest BCUT2D eigenvalue weighted by molar-refractivity contribution is -0.186. The standard InChI is InChI=1S/C17H24N2O3/c20-16(5-4-14-6-10-18-11-7-14)19-12-15-13-21-17(22-15)8-2-1-3-9-17/h6-7,10-11,15H,1-5,8-9,12-13H2,(H,19,20)/t15-/m0/s1. The Kier molecular flexibility index (Phi) is 5.05. The monoisotopic (exact) mass is 304 g/mol. The molecule has 120 valence electrons. The summed E-state index contributed by atoms with van der Waals surface area (Å²) in [6, 6.07) is 3.88. The van der Waals surface area contributed by atoms with Crippen molar-refractivity contribution >= 4 is 5.91 Å². The third kappa shape index (κ3) is 4.05. The highest BCUT2D eigenvalue weighted by molar-refractivity contribution is 5.76. The summed E-state index contributed by atoms with van der Waals surface area (Å²) in [5, 5.41) is 2.96. The molecule has 1 atom stereocenters. The van der Waals surface area contributed by atoms with Crippen molar-refractivity contribution in [1.29, 1.82) is 0 Å². The van der Waals surface area contributed by atoms with E-state index in [1.807, 2.05) is 12.1 Å². The molecule has 2 heterocycles. The van der Waals surface area contributed by atoms with Crippen LogP contribution in [-0.2, 0) is 20.7 Å². The maximum atomic E-state index is 11.9. The van der Waals surface area contributed by atoms with Crippen LogP contribution in [0.1, 0.15) is 44.1 Å². The van der Waals surface area contributed by atoms with Gasteiger partial charge in [0.1, 0.15) is 6.10 Å². The van der Waals surface area contributed by atoms with Crippen LogP contribution >= 0.6 is 0 Å². The highest BCUT2D eigenvalue weighted by atomic mass is 16.7. The molecule has 0 bridgehead atoms. The van der Waals surface area contributed by atoms with Gasteiger partial charge in [0.15, 0.2) is 5.79 Å². The lowest BCUT2D eigenvalue weighted by atomic mass is 9.94. The molecule has 1 saturated heterocycles. The Morgan fingerprint density at radius 2 is 2.05 bits per heavy atom. The molecule has 1 aliphatic heterocycles. The van der Waals surface area contributed by atoms with E-state index in [-0.39, 0.29) is 17.8 Å². The second kappa shape index (κ2) is 7.20. The largest absolute Gasteiger partial charge is 0.353 e. The summed E-state index contributed by atoms with van der Waals surface area (Å²) in [4.78, 5) is 15.9. The fourth-order valence-electron chi connectivity index (χ4n) is 3.19. The van der Waals surface area contributed by atoms with E-state index in [0.717, 1.165) is 24.8 Å². The van der Waals surface area contributed by atoms with Crippen molar-refractivity contribution in [3.8, 4) is 0 Å². The molecule has 0 unspecified atom stereocenters. The minimum Gasteiger partial charge on any atom is -0.353 e. The van der Waals surface area contributed by atoms with Crippen molar-refractivity contribution in [1.82, 2.24) is 10.3 Å². The number of pyridine rings is 1. The van der Waals surface area contributed by atoms with E-state index in [4.69, 9.17) is 9.47 Å². The van der Waals surface area contributed by atoms with Crippen molar-refractivity contribution in [3.05, 3.63) is 30.1 Å². The van der Waals surface area contributed by atoms with Crippen LogP contribution in [0, 0.1) is 0 Å². The van der Waals surface area contributed by atoms with Crippen molar-refractivity contribution in [3.63, 3.8) is 0 Å². The number of aromatic nitrogens is 1. The minimum atomic E-state index is -0.356. The van der Waals surface area contributed by atoms with E-state index >= 15 is 0 Å². The second-order valence-corrected chi connectivity index (χ2v) is 6.18. The van der Waals surface area contributed by atoms with Gasteiger partial charge in [0.2, 0.25) is 5.91 Å². The third-order valence-corrected chi connectivity index (χ3v) is 4.45. The molecule has 0 aromatic carbocycles. The Bertz CT molecular complexity index is 486. The van der Waals surface area contributed by atoms with Gasteiger partial charge in [-0.15, -0.1) is 0 Å². The average Bonchev–Trinajstić information content (AvgIpc) is 2.95. The summed E-state index contributed by atoms with van der Waals surface area (Å²) in [5.41, 5.74) is 1.13. The normalized spacial score (nSPS) is 23.5. The molecule has 2 aliphatic rings. The van der Waals surface area contributed by atoms with Gasteiger partial charge in [0.05, 0.1) is 6.61 Å². The smallest absolute Gasteiger partial charge is 0.220 e. The molecule has 1 aromatic heterocycles. The first-order valence-corrected chi connectivity index (χ1v) is 8.23. The molecular formula is C17H24N2O3. The van der Waals surface area contributed by atoms with E-state index in [9.17, 15) is 4.79 Å². The number of carbonyl (C=O) groups excluding carboxylic acids is 1. The Morgan fingerprint density at radius 3 is 2.82 bits per heavy atom. The van der Waals surface area contributed by atoms with Crippen LogP contribution in [-0.4, -0.2) is 35.9 Å². The van der Waals surface area contributed by atoms with Gasteiger partial charge in [-0.25, -0.2) is 0 Å². The molecule has 1 aliphatic carbocycles. The Balaban J connectivity index is 1.37. The maximum absolute atomic E-state index is 11.9. The molecule has 1 spiro atoms. The average molecular weight is 304 g/mol. The fraction of sp³-hybridized carbons (Fsp3) is 0.647. The van der Waals surface area contributed by atoms with E-state index < -0.39 is 0 Å². The molecule has 1 amide bonds. The molecular weight excluding hydrogens is 280 g/mol. The lowest BCUT2D eigenvalue weighted by Crippen LogP contribution is -2.37. The van der Waals surface area contributed by atoms with Crippen molar-refractivity contribution in [2.75, 3.05) is 13.2 Å². The van der Waals surface area contributed by atoms with Crippen LogP contribution in [0.3, 0.4) is 0 Å². The van der Waals surface area contributed by atoms with E-state index in [1.165, 1.54) is 19.3 Å². The van der Waals surface area contributed by atoms with Crippen LogP contribution in [0.4, 0.5) is 0 Å². The van der Waals surface area contributed by atoms with Crippen molar-refractivity contribution in [2.24, 2.45) is 0 Å². The molecule has 5 nitrogen and oxygen atoms in total. The maximum Gasteiger partial charge on any atom is 0.220 e. The van der Waals surface area contributed by atoms with E-state index in [0.29, 0.717) is 19.6 Å². The summed E-state index contributed by atoms with van der Waals surface area (Å²) in [5.74, 6) is -0.296. The van der Waals surface area contributed by atoms with Gasteiger partial charge in [-0.3, -0.25) is 9.78 Å². The number of rotatable bonds is 5. The number of aryl methyl sites for hydroxylation is 1. The Labute approximate surface area is 131 Å². The molecule has 22 heavy (non-hydrogen) atoms. The van der Waals surface area contributed by atoms with Gasteiger partial charge in [0.25, 0.3) is 0 Å². The highest BCUT2D eigenvalue weighted by Gasteiger charge is 2.42. The van der Waals surface area contributed by atoms with Crippen LogP contribution in [0.25, 0.3) is 0 Å². The first kappa shape index (κ1) is 15.4. The number of nitrogens with zero attached hydrogens (tertiary/aromatic N) is 1. The Morgan fingerprint density at radius 1 is 1.27 bits per heavy atom. The lowest BCUT2D eigenvalue weighted by Gasteiger charge is -2.31. The second-order valence-electron chi connectivity index (χ2n) is 6.18. The number of ether oxygens (including phenoxy) is 2. The summed E-state index contributed by atoms with van der Waals surface area (Å²) < 4.78 is 11.9. The van der Waals surface area contributed by atoms with Gasteiger partial charge in [-0.05, 0) is 37.0 Å². The highest BCUT2D eigenvalue weighted by Crippen LogP contribution is 2.37. The zero-order valence-electron chi connectivity index (χ0n) is 12.9. The summed E-state index contributed by atoms with van der Waals surface area (Å²) in [7, 11) is 0. The van der Waals surface area contributed by atoms with Crippen LogP contribution in [0.15, 0.2) is 24.5 Å². The molecule has 1 saturated carbocycles. The number of hydrogen-bond acceptors (Lipinski definition) is 4. The first-order valence-electron chi connectivity index (χ1n) is 8.23. The topological polar surface area (TPSA) is 60.5 Å². The number of nitrogens with one attached hydrogen (secondary N) is 1. The quantitative estimate of drug-likeness (QED) is 0.906. The summed E-state index contributed by atoms with van der Waals surface area (Å²) in [6.07, 6.45) is 10.3. The molecule has 0 radical (unpaired) electrons. The molecule has 1 aromatic rings. The van der Waals surface area contributed by atoms with Crippen LogP contribution in [0.2, 0.25) is 0 Å². The van der Waals surface area contributed by atoms with Gasteiger partial charge in [0, 0.05) is 38.2 Å². The first-order chi connectivity index (χ1) is 10.8. The van der Waals surface area contributed by atoms with E-state index in [1.54, 1.807) is 12.4 Å². The molecule has 1 N–H and O–H groups in total. The molecule has 2 fully saturated rings. The summed E-state index contributed by atoms with van der Waals surface area (Å²) >= 11 is 0. The van der Waals surface area contributed by atoms with Gasteiger partial charge in [-0.2, -0.15) is 0 Å². The number of carbonyl (C=O) groups is 1.